The quantitative estimate of drug-likeness (QED) is 0.792. The Bertz CT molecular complexity index is 327. The predicted molar refractivity (Wildman–Crippen MR) is 71.1 cm³/mol. The molecule has 2 heteroatoms. The number of nitrogens with one attached hydrogen (secondary N) is 1. The third kappa shape index (κ3) is 3.08. The third-order valence-electron chi connectivity index (χ3n) is 4.06. The molecule has 0 amide bonds. The molecule has 0 spiro atoms. The van der Waals surface area contributed by atoms with Crippen molar-refractivity contribution < 1.29 is 5.11 Å². The summed E-state index contributed by atoms with van der Waals surface area (Å²) in [7, 11) is 0. The van der Waals surface area contributed by atoms with Crippen LogP contribution < -0.4 is 5.32 Å². The van der Waals surface area contributed by atoms with Gasteiger partial charge in [-0.1, -0.05) is 37.3 Å². The van der Waals surface area contributed by atoms with Crippen LogP contribution in [0.25, 0.3) is 0 Å². The molecule has 2 N–H and O–H groups in total. The summed E-state index contributed by atoms with van der Waals surface area (Å²) in [6.45, 7) is 3.55. The topological polar surface area (TPSA) is 32.3 Å². The SMILES string of the molecule is CC(CCNC1(CO)CCC1)c1ccccc1. The molecule has 1 fully saturated rings. The maximum Gasteiger partial charge on any atom is 0.0613 e. The van der Waals surface area contributed by atoms with Gasteiger partial charge in [-0.25, -0.2) is 0 Å². The van der Waals surface area contributed by atoms with Gasteiger partial charge in [0.25, 0.3) is 0 Å². The van der Waals surface area contributed by atoms with E-state index in [-0.39, 0.29) is 12.1 Å². The van der Waals surface area contributed by atoms with Crippen molar-refractivity contribution >= 4 is 0 Å². The Morgan fingerprint density at radius 2 is 2.00 bits per heavy atom. The molecule has 17 heavy (non-hydrogen) atoms. The van der Waals surface area contributed by atoms with Gasteiger partial charge in [0, 0.05) is 5.54 Å². The first-order valence-corrected chi connectivity index (χ1v) is 6.67. The average molecular weight is 233 g/mol. The average Bonchev–Trinajstić information content (AvgIpc) is 2.33. The van der Waals surface area contributed by atoms with Crippen LogP contribution in [0.15, 0.2) is 30.3 Å². The molecular formula is C15H23NO. The highest BCUT2D eigenvalue weighted by molar-refractivity contribution is 5.18. The van der Waals surface area contributed by atoms with Gasteiger partial charge in [-0.05, 0) is 43.7 Å². The van der Waals surface area contributed by atoms with E-state index in [4.69, 9.17) is 0 Å². The molecule has 1 saturated carbocycles. The number of aliphatic hydroxyl groups is 1. The molecule has 1 aromatic carbocycles. The molecule has 2 rings (SSSR count). The lowest BCUT2D eigenvalue weighted by Crippen LogP contribution is -2.54. The first kappa shape index (κ1) is 12.6. The first-order chi connectivity index (χ1) is 8.26. The van der Waals surface area contributed by atoms with Gasteiger partial charge in [0.2, 0.25) is 0 Å². The van der Waals surface area contributed by atoms with Crippen LogP contribution in [0.5, 0.6) is 0 Å². The standard InChI is InChI=1S/C15H23NO/c1-13(14-6-3-2-4-7-14)8-11-16-15(12-17)9-5-10-15/h2-4,6-7,13,16-17H,5,8-12H2,1H3. The van der Waals surface area contributed by atoms with Crippen molar-refractivity contribution in [2.45, 2.75) is 44.1 Å². The van der Waals surface area contributed by atoms with Gasteiger partial charge in [0.05, 0.1) is 6.61 Å². The second-order valence-corrected chi connectivity index (χ2v) is 5.32. The molecule has 0 radical (unpaired) electrons. The Morgan fingerprint density at radius 3 is 2.53 bits per heavy atom. The second-order valence-electron chi connectivity index (χ2n) is 5.32. The lowest BCUT2D eigenvalue weighted by atomic mass is 9.77. The van der Waals surface area contributed by atoms with Gasteiger partial charge in [0.1, 0.15) is 0 Å². The summed E-state index contributed by atoms with van der Waals surface area (Å²) in [6, 6.07) is 10.6. The summed E-state index contributed by atoms with van der Waals surface area (Å²) in [4.78, 5) is 0. The fraction of sp³-hybridized carbons (Fsp3) is 0.600. The molecule has 1 aliphatic carbocycles. The molecule has 0 bridgehead atoms. The van der Waals surface area contributed by atoms with Crippen LogP contribution in [0, 0.1) is 0 Å². The Morgan fingerprint density at radius 1 is 1.29 bits per heavy atom. The monoisotopic (exact) mass is 233 g/mol. The largest absolute Gasteiger partial charge is 0.394 e. The molecule has 1 aromatic rings. The fourth-order valence-corrected chi connectivity index (χ4v) is 2.50. The van der Waals surface area contributed by atoms with Crippen LogP contribution in [0.1, 0.15) is 44.1 Å². The van der Waals surface area contributed by atoms with Crippen LogP contribution >= 0.6 is 0 Å². The van der Waals surface area contributed by atoms with Crippen molar-refractivity contribution in [3.8, 4) is 0 Å². The van der Waals surface area contributed by atoms with Gasteiger partial charge in [-0.2, -0.15) is 0 Å². The van der Waals surface area contributed by atoms with Crippen molar-refractivity contribution in [1.82, 2.24) is 5.32 Å². The molecule has 1 atom stereocenters. The van der Waals surface area contributed by atoms with E-state index >= 15 is 0 Å². The van der Waals surface area contributed by atoms with E-state index in [2.05, 4.69) is 42.6 Å². The Kier molecular flexibility index (Phi) is 4.19. The minimum Gasteiger partial charge on any atom is -0.394 e. The van der Waals surface area contributed by atoms with Crippen molar-refractivity contribution in [3.05, 3.63) is 35.9 Å². The van der Waals surface area contributed by atoms with Crippen molar-refractivity contribution in [2.24, 2.45) is 0 Å². The number of aliphatic hydroxyl groups excluding tert-OH is 1. The zero-order valence-corrected chi connectivity index (χ0v) is 10.7. The Hall–Kier alpha value is -0.860. The van der Waals surface area contributed by atoms with Crippen LogP contribution in [-0.2, 0) is 0 Å². The summed E-state index contributed by atoms with van der Waals surface area (Å²) in [5, 5.41) is 12.9. The second kappa shape index (κ2) is 5.65. The predicted octanol–water partition coefficient (Wildman–Crippen LogP) is 2.68. The zero-order valence-electron chi connectivity index (χ0n) is 10.7. The molecule has 0 aliphatic heterocycles. The molecule has 94 valence electrons. The van der Waals surface area contributed by atoms with E-state index in [0.29, 0.717) is 5.92 Å². The Labute approximate surface area is 104 Å². The van der Waals surface area contributed by atoms with Crippen LogP contribution in [0.3, 0.4) is 0 Å². The number of hydrogen-bond acceptors (Lipinski definition) is 2. The molecule has 0 aromatic heterocycles. The first-order valence-electron chi connectivity index (χ1n) is 6.67. The summed E-state index contributed by atoms with van der Waals surface area (Å²) in [5.74, 6) is 0.583. The molecule has 0 heterocycles. The molecule has 1 unspecified atom stereocenters. The minimum atomic E-state index is 0.0520. The highest BCUT2D eigenvalue weighted by atomic mass is 16.3. The smallest absolute Gasteiger partial charge is 0.0613 e. The maximum absolute atomic E-state index is 9.36. The summed E-state index contributed by atoms with van der Waals surface area (Å²) in [5.41, 5.74) is 1.46. The van der Waals surface area contributed by atoms with Gasteiger partial charge < -0.3 is 10.4 Å². The van der Waals surface area contributed by atoms with Gasteiger partial charge in [-0.15, -0.1) is 0 Å². The molecule has 0 saturated heterocycles. The van der Waals surface area contributed by atoms with E-state index in [0.717, 1.165) is 25.8 Å². The summed E-state index contributed by atoms with van der Waals surface area (Å²) < 4.78 is 0. The van der Waals surface area contributed by atoms with E-state index < -0.39 is 0 Å². The number of benzene rings is 1. The van der Waals surface area contributed by atoms with Crippen LogP contribution in [-0.4, -0.2) is 23.8 Å². The highest BCUT2D eigenvalue weighted by Gasteiger charge is 2.35. The molecule has 2 nitrogen and oxygen atoms in total. The fourth-order valence-electron chi connectivity index (χ4n) is 2.50. The van der Waals surface area contributed by atoms with Crippen LogP contribution in [0.4, 0.5) is 0 Å². The van der Waals surface area contributed by atoms with Crippen molar-refractivity contribution in [3.63, 3.8) is 0 Å². The highest BCUT2D eigenvalue weighted by Crippen LogP contribution is 2.31. The minimum absolute atomic E-state index is 0.0520. The van der Waals surface area contributed by atoms with Gasteiger partial charge in [-0.3, -0.25) is 0 Å². The van der Waals surface area contributed by atoms with E-state index in [1.165, 1.54) is 12.0 Å². The van der Waals surface area contributed by atoms with Crippen molar-refractivity contribution in [1.29, 1.82) is 0 Å². The van der Waals surface area contributed by atoms with E-state index in [9.17, 15) is 5.11 Å². The zero-order chi connectivity index (χ0) is 12.1. The third-order valence-corrected chi connectivity index (χ3v) is 4.06. The summed E-state index contributed by atoms with van der Waals surface area (Å²) >= 11 is 0. The Balaban J connectivity index is 1.75. The lowest BCUT2D eigenvalue weighted by Gasteiger charge is -2.41. The lowest BCUT2D eigenvalue weighted by molar-refractivity contribution is 0.0884. The molecule has 1 aliphatic rings. The van der Waals surface area contributed by atoms with Gasteiger partial charge in [0.15, 0.2) is 0 Å². The van der Waals surface area contributed by atoms with E-state index in [1.54, 1.807) is 0 Å². The number of hydrogen-bond donors (Lipinski definition) is 2. The molecular weight excluding hydrogens is 210 g/mol. The van der Waals surface area contributed by atoms with Crippen molar-refractivity contribution in [2.75, 3.05) is 13.2 Å². The summed E-state index contributed by atoms with van der Waals surface area (Å²) in [6.07, 6.45) is 4.64. The normalized spacial score (nSPS) is 19.6. The van der Waals surface area contributed by atoms with Crippen LogP contribution in [0.2, 0.25) is 0 Å². The van der Waals surface area contributed by atoms with Gasteiger partial charge >= 0.3 is 0 Å². The number of rotatable bonds is 6. The van der Waals surface area contributed by atoms with E-state index in [1.807, 2.05) is 0 Å². The maximum atomic E-state index is 9.36.